The smallest absolute Gasteiger partial charge is 0.497 e. The molecule has 1 saturated carbocycles. The van der Waals surface area contributed by atoms with Crippen molar-refractivity contribution in [3.05, 3.63) is 114 Å². The zero-order valence-corrected chi connectivity index (χ0v) is 29.7. The number of nitrogens with two attached hydrogens (primary N) is 1. The molecule has 2 aliphatic rings. The zero-order valence-electron chi connectivity index (χ0n) is 29.7. The lowest BCUT2D eigenvalue weighted by molar-refractivity contribution is -0.793. The average Bonchev–Trinajstić information content (AvgIpc) is 3.64. The third-order valence-electron chi connectivity index (χ3n) is 8.91. The van der Waals surface area contributed by atoms with E-state index >= 15 is 4.39 Å². The lowest BCUT2D eigenvalue weighted by Crippen LogP contribution is -2.52. The quantitative estimate of drug-likeness (QED) is 0.0695. The fourth-order valence-corrected chi connectivity index (χ4v) is 6.19. The minimum atomic E-state index is -1.34. The molecule has 2 atom stereocenters. The van der Waals surface area contributed by atoms with Crippen LogP contribution in [-0.2, 0) is 9.47 Å². The second-order valence-electron chi connectivity index (χ2n) is 12.6. The van der Waals surface area contributed by atoms with Crippen LogP contribution in [0.2, 0.25) is 0 Å². The summed E-state index contributed by atoms with van der Waals surface area (Å²) in [6.45, 7) is -0.522. The molecule has 16 nitrogen and oxygen atoms in total. The van der Waals surface area contributed by atoms with Crippen LogP contribution in [0, 0.1) is 5.82 Å². The fourth-order valence-electron chi connectivity index (χ4n) is 6.19. The monoisotopic (exact) mass is 753 g/mol. The molecule has 17 heteroatoms. The molecule has 0 saturated heterocycles. The fraction of sp³-hybridized carbons (Fsp3) is 0.289. The number of hydrogen-bond acceptors (Lipinski definition) is 12. The highest BCUT2D eigenvalue weighted by Gasteiger charge is 2.41. The van der Waals surface area contributed by atoms with Gasteiger partial charge in [0.25, 0.3) is 5.91 Å². The highest BCUT2D eigenvalue weighted by molar-refractivity contribution is 6.08. The van der Waals surface area contributed by atoms with Gasteiger partial charge < -0.3 is 39.8 Å². The van der Waals surface area contributed by atoms with E-state index in [0.29, 0.717) is 16.8 Å². The zero-order chi connectivity index (χ0) is 38.3. The number of methoxy groups -OCH3 is 1. The Kier molecular flexibility index (Phi) is 11.1. The molecule has 0 bridgehead atoms. The number of aliphatic hydroxyl groups excluding tert-OH is 1. The van der Waals surface area contributed by atoms with Gasteiger partial charge in [0.05, 0.1) is 19.9 Å². The van der Waals surface area contributed by atoms with Crippen molar-refractivity contribution in [1.82, 2.24) is 19.7 Å². The number of benzene rings is 3. The van der Waals surface area contributed by atoms with E-state index in [1.807, 2.05) is 0 Å². The van der Waals surface area contributed by atoms with E-state index in [4.69, 9.17) is 29.4 Å². The molecule has 7 rings (SSSR count). The Bertz CT molecular complexity index is 2180. The molecule has 3 heterocycles. The summed E-state index contributed by atoms with van der Waals surface area (Å²) < 4.78 is 47.3. The predicted octanol–water partition coefficient (Wildman–Crippen LogP) is 4.55. The Balaban J connectivity index is 1.22. The third kappa shape index (κ3) is 8.31. The summed E-state index contributed by atoms with van der Waals surface area (Å²) in [7, 11) is 1.42. The van der Waals surface area contributed by atoms with Gasteiger partial charge in [-0.1, -0.05) is 34.7 Å². The number of nitrogens with one attached hydrogen (secondary N) is 1. The van der Waals surface area contributed by atoms with Gasteiger partial charge in [-0.25, -0.2) is 9.18 Å². The van der Waals surface area contributed by atoms with Crippen LogP contribution < -0.4 is 29.8 Å². The van der Waals surface area contributed by atoms with E-state index in [-0.39, 0.29) is 60.0 Å². The Morgan fingerprint density at radius 1 is 1.07 bits per heavy atom. The number of hydrogen-bond donors (Lipinski definition) is 3. The molecule has 55 heavy (non-hydrogen) atoms. The van der Waals surface area contributed by atoms with Crippen molar-refractivity contribution in [1.29, 1.82) is 0 Å². The second kappa shape index (κ2) is 16.6. The van der Waals surface area contributed by atoms with E-state index < -0.39 is 30.3 Å². The first-order valence-electron chi connectivity index (χ1n) is 17.6. The highest BCUT2D eigenvalue weighted by Crippen LogP contribution is 2.36. The van der Waals surface area contributed by atoms with Crippen LogP contribution in [0.25, 0.3) is 5.95 Å². The molecule has 1 fully saturated rings. The number of amidine groups is 1. The molecular weight excluding hydrogens is 715 g/mol. The van der Waals surface area contributed by atoms with E-state index in [1.54, 1.807) is 66.9 Å². The molecular formula is C38H38FN8O8+. The summed E-state index contributed by atoms with van der Waals surface area (Å²) in [4.78, 5) is 38.6. The van der Waals surface area contributed by atoms with Crippen LogP contribution in [0.3, 0.4) is 0 Å². The molecule has 1 aliphatic carbocycles. The number of nitrogens with zero attached hydrogens (tertiary/aromatic N) is 6. The Labute approximate surface area is 314 Å². The number of carbonyl (C=O) groups excluding carboxylic acids is 2. The first-order valence-corrected chi connectivity index (χ1v) is 17.6. The van der Waals surface area contributed by atoms with E-state index in [0.717, 1.165) is 32.1 Å². The number of halogens is 1. The Hall–Kier alpha value is -6.62. The largest absolute Gasteiger partial charge is 0.514 e. The number of rotatable bonds is 12. The molecule has 5 aromatic rings. The average molecular weight is 754 g/mol. The minimum Gasteiger partial charge on any atom is -0.497 e. The maximum Gasteiger partial charge on any atom is 0.514 e. The molecule has 0 radical (unpaired) electrons. The lowest BCUT2D eigenvalue weighted by Gasteiger charge is -2.24. The highest BCUT2D eigenvalue weighted by atomic mass is 19.1. The van der Waals surface area contributed by atoms with Gasteiger partial charge in [-0.2, -0.15) is 14.5 Å². The minimum absolute atomic E-state index is 0.00474. The summed E-state index contributed by atoms with van der Waals surface area (Å²) >= 11 is 0. The summed E-state index contributed by atoms with van der Waals surface area (Å²) in [5.74, 6) is -0.960. The van der Waals surface area contributed by atoms with Crippen molar-refractivity contribution >= 4 is 23.6 Å². The number of amides is 1. The number of fused-ring (bicyclic) bond motifs is 3. The molecule has 2 aromatic heterocycles. The van der Waals surface area contributed by atoms with Crippen LogP contribution in [0.4, 0.5) is 14.9 Å². The van der Waals surface area contributed by atoms with Gasteiger partial charge in [0.1, 0.15) is 36.5 Å². The maximum absolute atomic E-state index is 16.4. The van der Waals surface area contributed by atoms with Crippen molar-refractivity contribution in [3.8, 4) is 23.5 Å². The molecule has 2 unspecified atom stereocenters. The number of aliphatic imine (C=N–C) groups is 1. The van der Waals surface area contributed by atoms with Crippen LogP contribution in [0.5, 0.6) is 17.5 Å². The first-order chi connectivity index (χ1) is 26.8. The van der Waals surface area contributed by atoms with Crippen LogP contribution in [0.1, 0.15) is 71.9 Å². The molecule has 0 spiro atoms. The topological polar surface area (TPSA) is 198 Å². The Morgan fingerprint density at radius 2 is 1.85 bits per heavy atom. The van der Waals surface area contributed by atoms with Crippen molar-refractivity contribution in [2.24, 2.45) is 10.7 Å². The van der Waals surface area contributed by atoms with Gasteiger partial charge in [-0.05, 0) is 72.8 Å². The summed E-state index contributed by atoms with van der Waals surface area (Å²) in [5.41, 5.74) is 7.54. The van der Waals surface area contributed by atoms with Gasteiger partial charge in [0.2, 0.25) is 0 Å². The number of aromatic nitrogens is 5. The number of ether oxygens (including phenoxy) is 5. The van der Waals surface area contributed by atoms with Gasteiger partial charge in [0, 0.05) is 34.5 Å². The predicted molar refractivity (Wildman–Crippen MR) is 192 cm³/mol. The normalized spacial score (nSPS) is 15.8. The number of aliphatic hydroxyl groups is 1. The molecule has 284 valence electrons. The summed E-state index contributed by atoms with van der Waals surface area (Å²) in [6, 6.07) is 18.4. The second-order valence-corrected chi connectivity index (χ2v) is 12.6. The summed E-state index contributed by atoms with van der Waals surface area (Å²) in [6.07, 6.45) is 5.15. The third-order valence-corrected chi connectivity index (χ3v) is 8.91. The maximum atomic E-state index is 16.4. The van der Waals surface area contributed by atoms with Crippen LogP contribution in [0.15, 0.2) is 90.2 Å². The van der Waals surface area contributed by atoms with E-state index in [1.165, 1.54) is 34.7 Å². The van der Waals surface area contributed by atoms with Gasteiger partial charge in [-0.3, -0.25) is 4.79 Å². The van der Waals surface area contributed by atoms with Crippen molar-refractivity contribution in [2.45, 2.75) is 50.7 Å². The number of anilines is 1. The lowest BCUT2D eigenvalue weighted by atomic mass is 9.98. The van der Waals surface area contributed by atoms with Crippen molar-refractivity contribution in [3.63, 3.8) is 0 Å². The SMILES string of the molecule is COc1cc(OCCO)c(F)c(C(Nc2ccc(C(N)=NC(=O)c3ccccc3)cc2)c2nc3n(n2)-c2nccc[n+]2C(OC(=O)OC2CCCCC2)O3)c1. The molecule has 3 aromatic carbocycles. The van der Waals surface area contributed by atoms with E-state index in [9.17, 15) is 14.7 Å². The molecule has 4 N–H and O–H groups in total. The van der Waals surface area contributed by atoms with Crippen LogP contribution >= 0.6 is 0 Å². The standard InChI is InChI=1S/C38H37FN8O8/c1-51-27-21-28(30(39)29(22-27)52-20-19-48)31(42-25-15-13-23(14-16-25)32(40)43-34(49)24-9-4-2-5-10-24)33-44-36-47(45-33)35-41-17-8-18-46(35)37(54-36)55-38(50)53-26-11-6-3-7-12-26/h2,4-5,8-10,13-18,21-22,26,31,37,48H,3,6-7,11-12,19-20H2,1H3,(H2-,40,42,43,49)/p+1. The van der Waals surface area contributed by atoms with Gasteiger partial charge in [0.15, 0.2) is 17.4 Å². The van der Waals surface area contributed by atoms with E-state index in [2.05, 4.69) is 25.4 Å². The summed E-state index contributed by atoms with van der Waals surface area (Å²) in [5, 5.41) is 17.3. The molecule has 1 amide bonds. The van der Waals surface area contributed by atoms with Gasteiger partial charge in [-0.15, -0.1) is 0 Å². The van der Waals surface area contributed by atoms with Crippen molar-refractivity contribution < 1.29 is 47.3 Å². The van der Waals surface area contributed by atoms with Gasteiger partial charge >= 0.3 is 24.5 Å². The van der Waals surface area contributed by atoms with Crippen LogP contribution in [-0.4, -0.2) is 69.2 Å². The van der Waals surface area contributed by atoms with Crippen molar-refractivity contribution in [2.75, 3.05) is 25.6 Å². The number of carbonyl (C=O) groups is 2. The first kappa shape index (κ1) is 36.7. The Morgan fingerprint density at radius 3 is 2.60 bits per heavy atom. The molecule has 1 aliphatic heterocycles.